The van der Waals surface area contributed by atoms with E-state index in [9.17, 15) is 4.79 Å². The van der Waals surface area contributed by atoms with Gasteiger partial charge < -0.3 is 15.4 Å². The maximum absolute atomic E-state index is 13.1. The lowest BCUT2D eigenvalue weighted by Gasteiger charge is -2.43. The maximum Gasteiger partial charge on any atom is 0.272 e. The molecule has 0 bridgehead atoms. The topological polar surface area (TPSA) is 99.2 Å². The summed E-state index contributed by atoms with van der Waals surface area (Å²) in [5.41, 5.74) is 8.97. The second-order valence-electron chi connectivity index (χ2n) is 8.23. The summed E-state index contributed by atoms with van der Waals surface area (Å²) in [6.45, 7) is 6.19. The van der Waals surface area contributed by atoms with Gasteiger partial charge in [0.05, 0.1) is 18.0 Å². The fourth-order valence-electron chi connectivity index (χ4n) is 4.28. The Balaban J connectivity index is 1.50. The Morgan fingerprint density at radius 2 is 2.11 bits per heavy atom. The monoisotopic (exact) mass is 384 g/mol. The number of amides is 1. The quantitative estimate of drug-likeness (QED) is 0.865. The van der Waals surface area contributed by atoms with Crippen molar-refractivity contribution in [3.8, 4) is 0 Å². The van der Waals surface area contributed by atoms with Crippen LogP contribution in [0.2, 0.25) is 0 Å². The van der Waals surface area contributed by atoms with Gasteiger partial charge >= 0.3 is 0 Å². The van der Waals surface area contributed by atoms with Crippen LogP contribution in [0.1, 0.15) is 54.1 Å². The first-order valence-electron chi connectivity index (χ1n) is 9.96. The Kier molecular flexibility index (Phi) is 4.82. The van der Waals surface area contributed by atoms with Crippen molar-refractivity contribution < 1.29 is 9.53 Å². The lowest BCUT2D eigenvalue weighted by molar-refractivity contribution is -0.0967. The molecular weight excluding hydrogens is 356 g/mol. The molecule has 8 nitrogen and oxygen atoms in total. The smallest absolute Gasteiger partial charge is 0.272 e. The Hall–Kier alpha value is -2.48. The molecule has 0 unspecified atom stereocenters. The third-order valence-electron chi connectivity index (χ3n) is 5.69. The number of aryl methyl sites for hydroxylation is 1. The molecule has 2 aliphatic heterocycles. The summed E-state index contributed by atoms with van der Waals surface area (Å²) in [6, 6.07) is 1.92. The highest BCUT2D eigenvalue weighted by Crippen LogP contribution is 2.40. The van der Waals surface area contributed by atoms with Crippen LogP contribution >= 0.6 is 0 Å². The number of piperidine rings is 1. The van der Waals surface area contributed by atoms with E-state index in [4.69, 9.17) is 10.5 Å². The first kappa shape index (κ1) is 18.9. The van der Waals surface area contributed by atoms with Gasteiger partial charge in [0.25, 0.3) is 5.91 Å². The molecule has 0 aliphatic carbocycles. The Bertz CT molecular complexity index is 883. The van der Waals surface area contributed by atoms with E-state index in [1.165, 1.54) is 0 Å². The summed E-state index contributed by atoms with van der Waals surface area (Å²) in [7, 11) is 1.84. The van der Waals surface area contributed by atoms with E-state index in [1.54, 1.807) is 4.68 Å². The zero-order valence-electron chi connectivity index (χ0n) is 16.8. The molecule has 0 radical (unpaired) electrons. The number of carbonyl (C=O) groups is 1. The van der Waals surface area contributed by atoms with Crippen molar-refractivity contribution in [2.24, 2.45) is 13.0 Å². The summed E-state index contributed by atoms with van der Waals surface area (Å²) in [6.07, 6.45) is 4.90. The predicted octanol–water partition coefficient (Wildman–Crippen LogP) is 1.69. The molecule has 1 spiro atoms. The first-order chi connectivity index (χ1) is 13.4. The van der Waals surface area contributed by atoms with Crippen LogP contribution in [0, 0.1) is 5.92 Å². The van der Waals surface area contributed by atoms with Crippen LogP contribution in [-0.4, -0.2) is 50.3 Å². The van der Waals surface area contributed by atoms with Gasteiger partial charge in [-0.2, -0.15) is 5.10 Å². The predicted molar refractivity (Wildman–Crippen MR) is 105 cm³/mol. The summed E-state index contributed by atoms with van der Waals surface area (Å²) in [5.74, 6) is 0.804. The van der Waals surface area contributed by atoms with Crippen molar-refractivity contribution >= 4 is 11.9 Å². The number of hydrogen-bond donors (Lipinski definition) is 1. The standard InChI is InChI=1S/C20H28N6O2/c1-13(2)10-15-11-16(25(3)24-15)18(27)26-7-5-20(6-8-26)17-14(4-9-28-20)12-22-19(21)23-17/h11-13H,4-10H2,1-3H3,(H2,21,22,23). The molecule has 1 fully saturated rings. The molecule has 1 saturated heterocycles. The molecule has 0 atom stereocenters. The number of anilines is 1. The fourth-order valence-corrected chi connectivity index (χ4v) is 4.28. The fraction of sp³-hybridized carbons (Fsp3) is 0.600. The Labute approximate surface area is 165 Å². The van der Waals surface area contributed by atoms with E-state index >= 15 is 0 Å². The third kappa shape index (κ3) is 3.37. The minimum Gasteiger partial charge on any atom is -0.368 e. The van der Waals surface area contributed by atoms with Crippen molar-refractivity contribution in [3.05, 3.63) is 34.9 Å². The molecule has 0 saturated carbocycles. The molecule has 2 N–H and O–H groups in total. The van der Waals surface area contributed by atoms with Crippen LogP contribution < -0.4 is 5.73 Å². The van der Waals surface area contributed by atoms with Gasteiger partial charge in [0.2, 0.25) is 5.95 Å². The Morgan fingerprint density at radius 3 is 2.82 bits per heavy atom. The minimum absolute atomic E-state index is 0.0260. The third-order valence-corrected chi connectivity index (χ3v) is 5.69. The number of hydrogen-bond acceptors (Lipinski definition) is 6. The summed E-state index contributed by atoms with van der Waals surface area (Å²) in [4.78, 5) is 23.6. The van der Waals surface area contributed by atoms with Crippen LogP contribution in [0.4, 0.5) is 5.95 Å². The number of fused-ring (bicyclic) bond motifs is 2. The molecule has 28 heavy (non-hydrogen) atoms. The van der Waals surface area contributed by atoms with Crippen LogP contribution in [0.15, 0.2) is 12.3 Å². The lowest BCUT2D eigenvalue weighted by Crippen LogP contribution is -2.49. The van der Waals surface area contributed by atoms with Gasteiger partial charge in [0.15, 0.2) is 0 Å². The second-order valence-corrected chi connectivity index (χ2v) is 8.23. The molecule has 8 heteroatoms. The zero-order chi connectivity index (χ0) is 19.9. The highest BCUT2D eigenvalue weighted by Gasteiger charge is 2.43. The van der Waals surface area contributed by atoms with Crippen LogP contribution in [-0.2, 0) is 30.2 Å². The highest BCUT2D eigenvalue weighted by molar-refractivity contribution is 5.92. The van der Waals surface area contributed by atoms with Gasteiger partial charge in [0.1, 0.15) is 11.3 Å². The van der Waals surface area contributed by atoms with Gasteiger partial charge in [-0.3, -0.25) is 9.48 Å². The number of carbonyl (C=O) groups excluding carboxylic acids is 1. The van der Waals surface area contributed by atoms with Crippen molar-refractivity contribution in [3.63, 3.8) is 0 Å². The van der Waals surface area contributed by atoms with Crippen LogP contribution in [0.25, 0.3) is 0 Å². The van der Waals surface area contributed by atoms with Gasteiger partial charge in [0, 0.05) is 26.3 Å². The number of ether oxygens (including phenoxy) is 1. The van der Waals surface area contributed by atoms with Gasteiger partial charge in [-0.15, -0.1) is 0 Å². The van der Waals surface area contributed by atoms with Crippen molar-refractivity contribution in [2.75, 3.05) is 25.4 Å². The summed E-state index contributed by atoms with van der Waals surface area (Å²) in [5, 5.41) is 4.50. The van der Waals surface area contributed by atoms with E-state index in [0.717, 1.165) is 29.8 Å². The molecule has 4 heterocycles. The molecule has 2 aliphatic rings. The Morgan fingerprint density at radius 1 is 1.36 bits per heavy atom. The van der Waals surface area contributed by atoms with E-state index in [-0.39, 0.29) is 11.9 Å². The van der Waals surface area contributed by atoms with Crippen molar-refractivity contribution in [2.45, 2.75) is 45.1 Å². The number of rotatable bonds is 3. The molecule has 1 amide bonds. The van der Waals surface area contributed by atoms with Gasteiger partial charge in [-0.25, -0.2) is 9.97 Å². The SMILES string of the molecule is CC(C)Cc1cc(C(=O)N2CCC3(CC2)OCCc2cnc(N)nc23)n(C)n1. The normalized spacial score (nSPS) is 18.5. The summed E-state index contributed by atoms with van der Waals surface area (Å²) >= 11 is 0. The molecule has 0 aromatic carbocycles. The molecule has 2 aromatic rings. The molecule has 4 rings (SSSR count). The van der Waals surface area contributed by atoms with Gasteiger partial charge in [-0.05, 0) is 43.2 Å². The second kappa shape index (κ2) is 7.16. The van der Waals surface area contributed by atoms with E-state index in [2.05, 4.69) is 28.9 Å². The minimum atomic E-state index is -0.462. The van der Waals surface area contributed by atoms with E-state index in [0.29, 0.717) is 44.1 Å². The summed E-state index contributed by atoms with van der Waals surface area (Å²) < 4.78 is 7.89. The lowest BCUT2D eigenvalue weighted by atomic mass is 9.83. The average Bonchev–Trinajstić information content (AvgIpc) is 3.02. The highest BCUT2D eigenvalue weighted by atomic mass is 16.5. The largest absolute Gasteiger partial charge is 0.368 e. The number of aromatic nitrogens is 4. The number of nitrogens with two attached hydrogens (primary N) is 1. The van der Waals surface area contributed by atoms with E-state index in [1.807, 2.05) is 24.2 Å². The van der Waals surface area contributed by atoms with Crippen molar-refractivity contribution in [1.82, 2.24) is 24.6 Å². The average molecular weight is 384 g/mol. The molecule has 150 valence electrons. The van der Waals surface area contributed by atoms with Gasteiger partial charge in [-0.1, -0.05) is 13.8 Å². The first-order valence-corrected chi connectivity index (χ1v) is 9.96. The number of nitrogens with zero attached hydrogens (tertiary/aromatic N) is 5. The zero-order valence-corrected chi connectivity index (χ0v) is 16.8. The number of likely N-dealkylation sites (tertiary alicyclic amines) is 1. The van der Waals surface area contributed by atoms with Crippen molar-refractivity contribution in [1.29, 1.82) is 0 Å². The van der Waals surface area contributed by atoms with Crippen LogP contribution in [0.5, 0.6) is 0 Å². The maximum atomic E-state index is 13.1. The molecular formula is C20H28N6O2. The number of nitrogen functional groups attached to an aromatic ring is 1. The van der Waals surface area contributed by atoms with E-state index < -0.39 is 5.60 Å². The van der Waals surface area contributed by atoms with Crippen LogP contribution in [0.3, 0.4) is 0 Å². The molecule has 2 aromatic heterocycles.